The van der Waals surface area contributed by atoms with Gasteiger partial charge < -0.3 is 9.84 Å². The molecule has 0 saturated heterocycles. The number of hydrogen-bond acceptors (Lipinski definition) is 4. The molecule has 1 aromatic heterocycles. The van der Waals surface area contributed by atoms with E-state index in [1.165, 1.54) is 11.3 Å². The summed E-state index contributed by atoms with van der Waals surface area (Å²) in [7, 11) is 0. The molecule has 0 aromatic carbocycles. The summed E-state index contributed by atoms with van der Waals surface area (Å²) < 4.78 is 5.40. The molecular weight excluding hydrogens is 238 g/mol. The van der Waals surface area contributed by atoms with Crippen molar-refractivity contribution < 1.29 is 14.6 Å². The van der Waals surface area contributed by atoms with E-state index in [0.29, 0.717) is 12.2 Å². The molecule has 0 aliphatic rings. The number of rotatable bonds is 6. The maximum atomic E-state index is 11.0. The van der Waals surface area contributed by atoms with Crippen molar-refractivity contribution in [1.29, 1.82) is 5.26 Å². The Kier molecular flexibility index (Phi) is 4.98. The fourth-order valence-corrected chi connectivity index (χ4v) is 2.41. The molecule has 0 amide bonds. The molecule has 0 fully saturated rings. The van der Waals surface area contributed by atoms with Gasteiger partial charge in [0.1, 0.15) is 11.8 Å². The van der Waals surface area contributed by atoms with Crippen LogP contribution in [0.5, 0.6) is 5.75 Å². The predicted molar refractivity (Wildman–Crippen MR) is 65.6 cm³/mol. The molecule has 1 unspecified atom stereocenters. The molecule has 0 aliphatic carbocycles. The lowest BCUT2D eigenvalue weighted by molar-refractivity contribution is 0.0696. The van der Waals surface area contributed by atoms with E-state index in [-0.39, 0.29) is 4.88 Å². The Morgan fingerprint density at radius 2 is 2.35 bits per heavy atom. The minimum Gasteiger partial charge on any atom is -0.477 e. The third-order valence-corrected chi connectivity index (χ3v) is 3.39. The Labute approximate surface area is 104 Å². The van der Waals surface area contributed by atoms with Crippen molar-refractivity contribution in [3.8, 4) is 11.8 Å². The number of nitriles is 1. The van der Waals surface area contributed by atoms with E-state index in [0.717, 1.165) is 17.7 Å². The lowest BCUT2D eigenvalue weighted by Crippen LogP contribution is -2.13. The van der Waals surface area contributed by atoms with Crippen LogP contribution in [0.3, 0.4) is 0 Å². The van der Waals surface area contributed by atoms with Crippen LogP contribution in [0.15, 0.2) is 6.07 Å². The number of hydrogen-bond donors (Lipinski definition) is 1. The van der Waals surface area contributed by atoms with Gasteiger partial charge in [0.05, 0.1) is 0 Å². The standard InChI is InChI=1S/C12H15NO3S/c1-3-5-9-6-10(11(17-9)12(14)15)16-8(4-2)7-13/h6,8H,3-5H2,1-2H3,(H,14,15). The number of carboxylic acid groups (broad SMARTS) is 1. The van der Waals surface area contributed by atoms with E-state index >= 15 is 0 Å². The first-order chi connectivity index (χ1) is 8.12. The Morgan fingerprint density at radius 3 is 2.82 bits per heavy atom. The SMILES string of the molecule is CCCc1cc(OC(C#N)CC)c(C(=O)O)s1. The summed E-state index contributed by atoms with van der Waals surface area (Å²) in [6.45, 7) is 3.86. The first kappa shape index (κ1) is 13.5. The van der Waals surface area contributed by atoms with Crippen LogP contribution >= 0.6 is 11.3 Å². The number of nitrogens with zero attached hydrogens (tertiary/aromatic N) is 1. The van der Waals surface area contributed by atoms with E-state index in [4.69, 9.17) is 15.1 Å². The summed E-state index contributed by atoms with van der Waals surface area (Å²) >= 11 is 1.22. The van der Waals surface area contributed by atoms with Gasteiger partial charge in [0.25, 0.3) is 0 Å². The van der Waals surface area contributed by atoms with Crippen molar-refractivity contribution in [2.75, 3.05) is 0 Å². The summed E-state index contributed by atoms with van der Waals surface area (Å²) in [5.74, 6) is -0.681. The normalized spacial score (nSPS) is 11.8. The van der Waals surface area contributed by atoms with Crippen molar-refractivity contribution >= 4 is 17.3 Å². The van der Waals surface area contributed by atoms with Crippen LogP contribution in [0, 0.1) is 11.3 Å². The molecule has 5 heteroatoms. The second-order valence-electron chi connectivity index (χ2n) is 3.61. The van der Waals surface area contributed by atoms with E-state index in [1.54, 1.807) is 6.07 Å². The van der Waals surface area contributed by atoms with Gasteiger partial charge in [-0.15, -0.1) is 11.3 Å². The first-order valence-electron chi connectivity index (χ1n) is 5.54. The number of ether oxygens (including phenoxy) is 1. The summed E-state index contributed by atoms with van der Waals surface area (Å²) in [4.78, 5) is 12.2. The summed E-state index contributed by atoms with van der Waals surface area (Å²) in [6.07, 6.45) is 1.73. The smallest absolute Gasteiger partial charge is 0.349 e. The molecule has 1 rings (SSSR count). The van der Waals surface area contributed by atoms with Gasteiger partial charge in [-0.25, -0.2) is 4.79 Å². The highest BCUT2D eigenvalue weighted by Crippen LogP contribution is 2.31. The number of thiophene rings is 1. The molecule has 1 heterocycles. The number of carbonyl (C=O) groups is 1. The van der Waals surface area contributed by atoms with Crippen LogP contribution in [0.2, 0.25) is 0 Å². The average molecular weight is 253 g/mol. The van der Waals surface area contributed by atoms with E-state index < -0.39 is 12.1 Å². The highest BCUT2D eigenvalue weighted by atomic mass is 32.1. The molecule has 0 aliphatic heterocycles. The van der Waals surface area contributed by atoms with Crippen molar-refractivity contribution in [3.63, 3.8) is 0 Å². The Hall–Kier alpha value is -1.54. The summed E-state index contributed by atoms with van der Waals surface area (Å²) in [5, 5.41) is 17.9. The zero-order valence-electron chi connectivity index (χ0n) is 9.90. The number of aromatic carboxylic acids is 1. The summed E-state index contributed by atoms with van der Waals surface area (Å²) in [5.41, 5.74) is 0. The third kappa shape index (κ3) is 3.46. The maximum Gasteiger partial charge on any atom is 0.349 e. The first-order valence-corrected chi connectivity index (χ1v) is 6.36. The second kappa shape index (κ2) is 6.26. The number of carboxylic acids is 1. The Morgan fingerprint density at radius 1 is 1.65 bits per heavy atom. The molecule has 0 radical (unpaired) electrons. The lowest BCUT2D eigenvalue weighted by Gasteiger charge is -2.08. The monoisotopic (exact) mass is 253 g/mol. The topological polar surface area (TPSA) is 70.3 Å². The van der Waals surface area contributed by atoms with E-state index in [1.807, 2.05) is 19.9 Å². The average Bonchev–Trinajstić information content (AvgIpc) is 2.69. The van der Waals surface area contributed by atoms with Crippen LogP contribution in [0.1, 0.15) is 41.2 Å². The van der Waals surface area contributed by atoms with Gasteiger partial charge in [-0.1, -0.05) is 20.3 Å². The third-order valence-electron chi connectivity index (χ3n) is 2.22. The zero-order valence-corrected chi connectivity index (χ0v) is 10.7. The van der Waals surface area contributed by atoms with Crippen LogP contribution in [0.4, 0.5) is 0 Å². The van der Waals surface area contributed by atoms with Gasteiger partial charge in [0.2, 0.25) is 0 Å². The van der Waals surface area contributed by atoms with Gasteiger partial charge in [0, 0.05) is 4.88 Å². The van der Waals surface area contributed by atoms with Crippen LogP contribution in [0.25, 0.3) is 0 Å². The predicted octanol–water partition coefficient (Wildman–Crippen LogP) is 3.08. The molecule has 1 aromatic rings. The fraction of sp³-hybridized carbons (Fsp3) is 0.500. The molecule has 0 bridgehead atoms. The van der Waals surface area contributed by atoms with Gasteiger partial charge in [-0.2, -0.15) is 5.26 Å². The number of aryl methyl sites for hydroxylation is 1. The zero-order chi connectivity index (χ0) is 12.8. The van der Waals surface area contributed by atoms with Gasteiger partial charge >= 0.3 is 5.97 Å². The van der Waals surface area contributed by atoms with E-state index in [9.17, 15) is 4.79 Å². The molecule has 17 heavy (non-hydrogen) atoms. The quantitative estimate of drug-likeness (QED) is 0.845. The van der Waals surface area contributed by atoms with E-state index in [2.05, 4.69) is 0 Å². The van der Waals surface area contributed by atoms with Crippen molar-refractivity contribution in [3.05, 3.63) is 15.8 Å². The van der Waals surface area contributed by atoms with Gasteiger partial charge in [0.15, 0.2) is 11.0 Å². The van der Waals surface area contributed by atoms with Crippen molar-refractivity contribution in [2.24, 2.45) is 0 Å². The van der Waals surface area contributed by atoms with Crippen LogP contribution < -0.4 is 4.74 Å². The molecule has 92 valence electrons. The minimum absolute atomic E-state index is 0.183. The van der Waals surface area contributed by atoms with Gasteiger partial charge in [-0.05, 0) is 18.9 Å². The molecule has 1 N–H and O–H groups in total. The highest BCUT2D eigenvalue weighted by molar-refractivity contribution is 7.14. The largest absolute Gasteiger partial charge is 0.477 e. The second-order valence-corrected chi connectivity index (χ2v) is 4.74. The van der Waals surface area contributed by atoms with Gasteiger partial charge in [-0.3, -0.25) is 0 Å². The lowest BCUT2D eigenvalue weighted by atomic mass is 10.2. The summed E-state index contributed by atoms with van der Waals surface area (Å²) in [6, 6.07) is 3.73. The van der Waals surface area contributed by atoms with Crippen LogP contribution in [-0.4, -0.2) is 17.2 Å². The molecule has 0 spiro atoms. The minimum atomic E-state index is -1.000. The highest BCUT2D eigenvalue weighted by Gasteiger charge is 2.19. The molecule has 4 nitrogen and oxygen atoms in total. The van der Waals surface area contributed by atoms with Crippen molar-refractivity contribution in [1.82, 2.24) is 0 Å². The Bertz CT molecular complexity index is 433. The molecule has 1 atom stereocenters. The van der Waals surface area contributed by atoms with Crippen LogP contribution in [-0.2, 0) is 6.42 Å². The molecular formula is C12H15NO3S. The Balaban J connectivity index is 2.96. The molecule has 0 saturated carbocycles. The fourth-order valence-electron chi connectivity index (χ4n) is 1.38. The maximum absolute atomic E-state index is 11.0. The van der Waals surface area contributed by atoms with Crippen molar-refractivity contribution in [2.45, 2.75) is 39.2 Å².